The van der Waals surface area contributed by atoms with Crippen molar-refractivity contribution in [3.63, 3.8) is 0 Å². The van der Waals surface area contributed by atoms with Gasteiger partial charge in [0.2, 0.25) is 5.69 Å². The van der Waals surface area contributed by atoms with Gasteiger partial charge in [-0.05, 0) is 6.92 Å². The lowest BCUT2D eigenvalue weighted by Crippen LogP contribution is -2.43. The van der Waals surface area contributed by atoms with E-state index in [1.807, 2.05) is 31.2 Å². The minimum absolute atomic E-state index is 0.133. The summed E-state index contributed by atoms with van der Waals surface area (Å²) in [5, 5.41) is 16.5. The third-order valence-corrected chi connectivity index (χ3v) is 4.02. The van der Waals surface area contributed by atoms with E-state index in [-0.39, 0.29) is 5.88 Å². The van der Waals surface area contributed by atoms with Crippen molar-refractivity contribution in [1.29, 1.82) is 0 Å². The van der Waals surface area contributed by atoms with Crippen molar-refractivity contribution in [3.05, 3.63) is 24.3 Å². The highest BCUT2D eigenvalue weighted by atomic mass is 28.3. The summed E-state index contributed by atoms with van der Waals surface area (Å²) in [5.74, 6) is -0.416. The summed E-state index contributed by atoms with van der Waals surface area (Å²) in [4.78, 5) is 0. The highest BCUT2D eigenvalue weighted by molar-refractivity contribution is 6.71. The average Bonchev–Trinajstić information content (AvgIpc) is 2.72. The van der Waals surface area contributed by atoms with Crippen molar-refractivity contribution in [2.75, 3.05) is 6.61 Å². The van der Waals surface area contributed by atoms with E-state index in [1.165, 1.54) is 9.87 Å². The highest BCUT2D eigenvalue weighted by Crippen LogP contribution is 2.18. The second-order valence-electron chi connectivity index (χ2n) is 4.03. The third kappa shape index (κ3) is 2.24. The van der Waals surface area contributed by atoms with E-state index < -0.39 is 14.7 Å². The molecule has 1 aromatic carbocycles. The Labute approximate surface area is 107 Å². The Balaban J connectivity index is 2.55. The molecule has 0 bridgehead atoms. The molecule has 0 spiro atoms. The Bertz CT molecular complexity index is 540. The van der Waals surface area contributed by atoms with Crippen molar-refractivity contribution in [1.82, 2.24) is 5.27 Å². The fourth-order valence-electron chi connectivity index (χ4n) is 1.73. The molecule has 2 aromatic rings. The zero-order valence-electron chi connectivity index (χ0n) is 10.6. The maximum absolute atomic E-state index is 11.5. The van der Waals surface area contributed by atoms with Gasteiger partial charge in [0.1, 0.15) is 0 Å². The lowest BCUT2D eigenvalue weighted by molar-refractivity contribution is -0.674. The molecule has 6 heteroatoms. The number of benzene rings is 1. The van der Waals surface area contributed by atoms with Crippen LogP contribution in [0.5, 0.6) is 11.8 Å². The Morgan fingerprint density at radius 1 is 1.39 bits per heavy atom. The maximum Gasteiger partial charge on any atom is 0.425 e. The van der Waals surface area contributed by atoms with Crippen LogP contribution in [0.2, 0.25) is 13.1 Å². The quantitative estimate of drug-likeness (QED) is 0.591. The normalized spacial score (nSPS) is 10.9. The summed E-state index contributed by atoms with van der Waals surface area (Å²) in [6, 6.07) is 7.85. The minimum atomic E-state index is -0.671. The van der Waals surface area contributed by atoms with Gasteiger partial charge >= 0.3 is 5.88 Å². The van der Waals surface area contributed by atoms with Crippen LogP contribution in [0.1, 0.15) is 6.92 Å². The van der Waals surface area contributed by atoms with Crippen LogP contribution in [-0.2, 0) is 0 Å². The van der Waals surface area contributed by atoms with Gasteiger partial charge in [-0.15, -0.1) is 0 Å². The predicted octanol–water partition coefficient (Wildman–Crippen LogP) is 0.385. The standard InChI is InChI=1S/C12H15N2O3Si/c1-4-16-11-12(15)17-13-14(11)9-7-5-6-8-10(9)18(2)3/h5-8H,4H2,1-3H3. The largest absolute Gasteiger partial charge is 0.536 e. The SMILES string of the molecule is CCOc1c([O-])on[n+]1-c1ccccc1[Si](C)C. The molecule has 0 aliphatic heterocycles. The lowest BCUT2D eigenvalue weighted by atomic mass is 10.3. The molecule has 5 nitrogen and oxygen atoms in total. The van der Waals surface area contributed by atoms with Crippen molar-refractivity contribution in [2.45, 2.75) is 20.0 Å². The fourth-order valence-corrected chi connectivity index (χ4v) is 2.86. The van der Waals surface area contributed by atoms with Crippen LogP contribution >= 0.6 is 0 Å². The van der Waals surface area contributed by atoms with Gasteiger partial charge in [0.25, 0.3) is 0 Å². The molecular formula is C12H15N2O3Si. The van der Waals surface area contributed by atoms with Crippen LogP contribution in [0.15, 0.2) is 28.8 Å². The monoisotopic (exact) mass is 263 g/mol. The van der Waals surface area contributed by atoms with E-state index >= 15 is 0 Å². The van der Waals surface area contributed by atoms with Crippen LogP contribution in [0.4, 0.5) is 0 Å². The smallest absolute Gasteiger partial charge is 0.425 e. The fraction of sp³-hybridized carbons (Fsp3) is 0.333. The summed E-state index contributed by atoms with van der Waals surface area (Å²) >= 11 is 0. The van der Waals surface area contributed by atoms with E-state index in [2.05, 4.69) is 22.9 Å². The van der Waals surface area contributed by atoms with Crippen molar-refractivity contribution < 1.29 is 19.0 Å². The maximum atomic E-state index is 11.5. The first kappa shape index (κ1) is 12.6. The summed E-state index contributed by atoms with van der Waals surface area (Å²) in [7, 11) is -0.671. The zero-order chi connectivity index (χ0) is 13.1. The molecule has 0 unspecified atom stereocenters. The first-order valence-corrected chi connectivity index (χ1v) is 8.27. The van der Waals surface area contributed by atoms with Gasteiger partial charge in [-0.1, -0.05) is 31.3 Å². The first-order valence-electron chi connectivity index (χ1n) is 5.77. The Hall–Kier alpha value is -1.82. The molecule has 1 aromatic heterocycles. The van der Waals surface area contributed by atoms with Crippen LogP contribution in [0.25, 0.3) is 5.69 Å². The summed E-state index contributed by atoms with van der Waals surface area (Å²) in [6.07, 6.45) is 0. The van der Waals surface area contributed by atoms with Gasteiger partial charge in [0, 0.05) is 15.9 Å². The molecule has 0 atom stereocenters. The van der Waals surface area contributed by atoms with E-state index in [0.29, 0.717) is 6.61 Å². The van der Waals surface area contributed by atoms with E-state index in [0.717, 1.165) is 5.69 Å². The highest BCUT2D eigenvalue weighted by Gasteiger charge is 2.25. The summed E-state index contributed by atoms with van der Waals surface area (Å²) < 4.78 is 11.4. The molecule has 1 heterocycles. The molecule has 0 fully saturated rings. The minimum Gasteiger partial charge on any atom is -0.536 e. The van der Waals surface area contributed by atoms with Gasteiger partial charge < -0.3 is 14.4 Å². The van der Waals surface area contributed by atoms with Crippen molar-refractivity contribution in [2.24, 2.45) is 0 Å². The molecule has 0 saturated heterocycles. The number of aromatic nitrogens is 2. The second kappa shape index (κ2) is 5.22. The van der Waals surface area contributed by atoms with Crippen LogP contribution < -0.4 is 19.7 Å². The van der Waals surface area contributed by atoms with E-state index in [9.17, 15) is 5.11 Å². The topological polar surface area (TPSA) is 62.2 Å². The number of hydrogen-bond acceptors (Lipinski definition) is 4. The molecular weight excluding hydrogens is 248 g/mol. The molecule has 0 aliphatic carbocycles. The van der Waals surface area contributed by atoms with E-state index in [4.69, 9.17) is 4.74 Å². The summed E-state index contributed by atoms with van der Waals surface area (Å²) in [5.41, 5.74) is 0.852. The van der Waals surface area contributed by atoms with Crippen LogP contribution in [0.3, 0.4) is 0 Å². The van der Waals surface area contributed by atoms with Crippen LogP contribution in [0, 0.1) is 0 Å². The van der Waals surface area contributed by atoms with E-state index in [1.54, 1.807) is 0 Å². The molecule has 0 N–H and O–H groups in total. The molecule has 18 heavy (non-hydrogen) atoms. The van der Waals surface area contributed by atoms with Crippen LogP contribution in [-0.4, -0.2) is 20.7 Å². The Kier molecular flexibility index (Phi) is 3.66. The number of para-hydroxylation sites is 1. The number of ether oxygens (including phenoxy) is 1. The molecule has 0 amide bonds. The van der Waals surface area contributed by atoms with Gasteiger partial charge in [-0.25, -0.2) is 0 Å². The van der Waals surface area contributed by atoms with Gasteiger partial charge in [-0.2, -0.15) is 0 Å². The second-order valence-corrected chi connectivity index (χ2v) is 6.57. The zero-order valence-corrected chi connectivity index (χ0v) is 11.6. The summed E-state index contributed by atoms with van der Waals surface area (Å²) in [6.45, 7) is 6.58. The average molecular weight is 263 g/mol. The molecule has 2 rings (SSSR count). The molecule has 0 saturated carbocycles. The van der Waals surface area contributed by atoms with Gasteiger partial charge in [0.05, 0.1) is 20.7 Å². The third-order valence-electron chi connectivity index (χ3n) is 2.52. The van der Waals surface area contributed by atoms with Crippen molar-refractivity contribution >= 4 is 14.0 Å². The number of hydrogen-bond donors (Lipinski definition) is 0. The molecule has 95 valence electrons. The van der Waals surface area contributed by atoms with Gasteiger partial charge in [0.15, 0.2) is 5.95 Å². The van der Waals surface area contributed by atoms with Crippen molar-refractivity contribution in [3.8, 4) is 17.5 Å². The lowest BCUT2D eigenvalue weighted by Gasteiger charge is -2.05. The number of rotatable bonds is 4. The molecule has 0 aliphatic rings. The predicted molar refractivity (Wildman–Crippen MR) is 65.8 cm³/mol. The Morgan fingerprint density at radius 3 is 2.78 bits per heavy atom. The van der Waals surface area contributed by atoms with Gasteiger partial charge in [-0.3, -0.25) is 0 Å². The molecule has 1 radical (unpaired) electrons. The first-order chi connectivity index (χ1) is 8.65. The Morgan fingerprint density at radius 2 is 2.11 bits per heavy atom. The number of nitrogens with zero attached hydrogens (tertiary/aromatic N) is 2.